The molecule has 25 heavy (non-hydrogen) atoms. The Labute approximate surface area is 148 Å². The summed E-state index contributed by atoms with van der Waals surface area (Å²) >= 11 is 0. The molecule has 1 heterocycles. The highest BCUT2D eigenvalue weighted by molar-refractivity contribution is 5.76. The molecule has 0 atom stereocenters. The van der Waals surface area contributed by atoms with E-state index in [0.717, 1.165) is 12.1 Å². The summed E-state index contributed by atoms with van der Waals surface area (Å²) in [5, 5.41) is 3.02. The average Bonchev–Trinajstić information content (AvgIpc) is 3.13. The molecule has 2 aromatic rings. The Hall–Kier alpha value is -2.20. The van der Waals surface area contributed by atoms with Crippen LogP contribution in [0.4, 0.5) is 4.39 Å². The molecule has 132 valence electrons. The number of halogens is 1. The quantitative estimate of drug-likeness (QED) is 0.796. The zero-order valence-electron chi connectivity index (χ0n) is 14.6. The van der Waals surface area contributed by atoms with Crippen molar-refractivity contribution in [3.63, 3.8) is 0 Å². The van der Waals surface area contributed by atoms with Gasteiger partial charge in [0.05, 0.1) is 13.1 Å². The van der Waals surface area contributed by atoms with Gasteiger partial charge in [-0.25, -0.2) is 4.39 Å². The molecule has 0 unspecified atom stereocenters. The van der Waals surface area contributed by atoms with Crippen LogP contribution in [0.25, 0.3) is 0 Å². The lowest BCUT2D eigenvalue weighted by Gasteiger charge is -2.15. The first kappa shape index (κ1) is 17.6. The molecule has 1 aliphatic rings. The van der Waals surface area contributed by atoms with Crippen LogP contribution in [0, 0.1) is 5.82 Å². The van der Waals surface area contributed by atoms with Gasteiger partial charge in [-0.3, -0.25) is 4.79 Å². The Morgan fingerprint density at radius 2 is 1.68 bits per heavy atom. The minimum atomic E-state index is -0.245. The molecule has 1 fully saturated rings. The lowest BCUT2D eigenvalue weighted by atomic mass is 10.1. The fourth-order valence-electron chi connectivity index (χ4n) is 3.41. The molecular formula is C21H26FN2O+. The molecular weight excluding hydrogens is 315 g/mol. The van der Waals surface area contributed by atoms with Crippen molar-refractivity contribution < 1.29 is 14.1 Å². The van der Waals surface area contributed by atoms with Gasteiger partial charge in [0.25, 0.3) is 0 Å². The Morgan fingerprint density at radius 3 is 2.40 bits per heavy atom. The van der Waals surface area contributed by atoms with Crippen LogP contribution in [0.3, 0.4) is 0 Å². The maximum atomic E-state index is 12.9. The van der Waals surface area contributed by atoms with E-state index in [1.807, 2.05) is 6.07 Å². The summed E-state index contributed by atoms with van der Waals surface area (Å²) in [6.45, 7) is 4.12. The van der Waals surface area contributed by atoms with Crippen LogP contribution in [0.2, 0.25) is 0 Å². The fraction of sp³-hybridized carbons (Fsp3) is 0.381. The van der Waals surface area contributed by atoms with Gasteiger partial charge in [0.1, 0.15) is 12.4 Å². The highest BCUT2D eigenvalue weighted by atomic mass is 19.1. The molecule has 1 amide bonds. The third kappa shape index (κ3) is 5.40. The maximum Gasteiger partial charge on any atom is 0.220 e. The molecule has 1 saturated heterocycles. The first-order chi connectivity index (χ1) is 12.2. The van der Waals surface area contributed by atoms with Crippen LogP contribution in [0.1, 0.15) is 36.0 Å². The second kappa shape index (κ2) is 8.77. The van der Waals surface area contributed by atoms with Crippen molar-refractivity contribution in [1.82, 2.24) is 5.32 Å². The maximum absolute atomic E-state index is 12.9. The van der Waals surface area contributed by atoms with E-state index in [2.05, 4.69) is 23.5 Å². The number of hydrogen-bond acceptors (Lipinski definition) is 1. The van der Waals surface area contributed by atoms with Crippen LogP contribution in [-0.2, 0) is 24.3 Å². The zero-order valence-corrected chi connectivity index (χ0v) is 14.6. The van der Waals surface area contributed by atoms with E-state index >= 15 is 0 Å². The van der Waals surface area contributed by atoms with Crippen molar-refractivity contribution in [2.75, 3.05) is 13.1 Å². The van der Waals surface area contributed by atoms with E-state index in [0.29, 0.717) is 19.4 Å². The Kier molecular flexibility index (Phi) is 6.18. The van der Waals surface area contributed by atoms with Crippen molar-refractivity contribution in [2.24, 2.45) is 0 Å². The summed E-state index contributed by atoms with van der Waals surface area (Å²) in [6.07, 6.45) is 3.69. The average molecular weight is 341 g/mol. The number of aryl methyl sites for hydroxylation is 1. The zero-order chi connectivity index (χ0) is 17.5. The predicted molar refractivity (Wildman–Crippen MR) is 96.6 cm³/mol. The number of amides is 1. The van der Waals surface area contributed by atoms with Crippen molar-refractivity contribution in [2.45, 2.75) is 38.8 Å². The minimum Gasteiger partial charge on any atom is -0.352 e. The third-order valence-corrected chi connectivity index (χ3v) is 4.90. The number of carbonyl (C=O) groups excluding carboxylic acids is 1. The molecule has 1 aliphatic heterocycles. The number of likely N-dealkylation sites (tertiary alicyclic amines) is 1. The molecule has 0 radical (unpaired) electrons. The van der Waals surface area contributed by atoms with E-state index in [1.165, 1.54) is 49.2 Å². The van der Waals surface area contributed by atoms with Crippen molar-refractivity contribution in [3.05, 3.63) is 71.0 Å². The summed E-state index contributed by atoms with van der Waals surface area (Å²) < 4.78 is 12.9. The molecule has 0 aromatic heterocycles. The Morgan fingerprint density at radius 1 is 1.00 bits per heavy atom. The van der Waals surface area contributed by atoms with Gasteiger partial charge in [-0.1, -0.05) is 36.4 Å². The standard InChI is InChI=1S/C21H25FN2O/c22-20-10-7-17(8-11-20)9-12-21(25)23-15-18-5-1-2-6-19(18)16-24-13-3-4-14-24/h1-2,5-8,10-11H,3-4,9,12-16H2,(H,23,25)/p+1. The normalized spacial score (nSPS) is 14.6. The SMILES string of the molecule is O=C(CCc1ccc(F)cc1)NCc1ccccc1C[NH+]1CCCC1. The summed E-state index contributed by atoms with van der Waals surface area (Å²) in [5.74, 6) is -0.211. The lowest BCUT2D eigenvalue weighted by molar-refractivity contribution is -0.901. The largest absolute Gasteiger partial charge is 0.352 e. The summed E-state index contributed by atoms with van der Waals surface area (Å²) in [7, 11) is 0. The summed E-state index contributed by atoms with van der Waals surface area (Å²) in [6, 6.07) is 14.7. The number of hydrogen-bond donors (Lipinski definition) is 2. The van der Waals surface area contributed by atoms with E-state index in [9.17, 15) is 9.18 Å². The van der Waals surface area contributed by atoms with E-state index in [-0.39, 0.29) is 11.7 Å². The van der Waals surface area contributed by atoms with Gasteiger partial charge in [-0.05, 0) is 29.7 Å². The monoisotopic (exact) mass is 341 g/mol. The second-order valence-corrected chi connectivity index (χ2v) is 6.81. The van der Waals surface area contributed by atoms with Crippen molar-refractivity contribution in [3.8, 4) is 0 Å². The number of nitrogens with one attached hydrogen (secondary N) is 2. The van der Waals surface area contributed by atoms with Crippen LogP contribution >= 0.6 is 0 Å². The van der Waals surface area contributed by atoms with Crippen LogP contribution in [-0.4, -0.2) is 19.0 Å². The molecule has 0 aliphatic carbocycles. The number of benzene rings is 2. The van der Waals surface area contributed by atoms with Gasteiger partial charge in [0, 0.05) is 31.4 Å². The highest BCUT2D eigenvalue weighted by Crippen LogP contribution is 2.09. The first-order valence-corrected chi connectivity index (χ1v) is 9.12. The molecule has 2 aromatic carbocycles. The van der Waals surface area contributed by atoms with Gasteiger partial charge < -0.3 is 10.2 Å². The van der Waals surface area contributed by atoms with Crippen molar-refractivity contribution in [1.29, 1.82) is 0 Å². The molecule has 4 heteroatoms. The van der Waals surface area contributed by atoms with Crippen LogP contribution < -0.4 is 10.2 Å². The predicted octanol–water partition coefficient (Wildman–Crippen LogP) is 2.25. The van der Waals surface area contributed by atoms with Crippen LogP contribution in [0.5, 0.6) is 0 Å². The van der Waals surface area contributed by atoms with Crippen molar-refractivity contribution >= 4 is 5.91 Å². The summed E-state index contributed by atoms with van der Waals surface area (Å²) in [4.78, 5) is 13.8. The molecule has 3 rings (SSSR count). The van der Waals surface area contributed by atoms with E-state index in [1.54, 1.807) is 17.0 Å². The second-order valence-electron chi connectivity index (χ2n) is 6.81. The van der Waals surface area contributed by atoms with Gasteiger partial charge in [0.15, 0.2) is 0 Å². The number of quaternary nitrogens is 1. The molecule has 0 spiro atoms. The smallest absolute Gasteiger partial charge is 0.220 e. The van der Waals surface area contributed by atoms with Gasteiger partial charge in [-0.15, -0.1) is 0 Å². The topological polar surface area (TPSA) is 33.5 Å². The van der Waals surface area contributed by atoms with Gasteiger partial charge in [0.2, 0.25) is 5.91 Å². The summed E-state index contributed by atoms with van der Waals surface area (Å²) in [5.41, 5.74) is 3.52. The van der Waals surface area contributed by atoms with Gasteiger partial charge in [-0.2, -0.15) is 0 Å². The highest BCUT2D eigenvalue weighted by Gasteiger charge is 2.17. The minimum absolute atomic E-state index is 0.0349. The number of rotatable bonds is 7. The molecule has 0 bridgehead atoms. The Bertz CT molecular complexity index is 693. The molecule has 0 saturated carbocycles. The lowest BCUT2D eigenvalue weighted by Crippen LogP contribution is -3.08. The first-order valence-electron chi connectivity index (χ1n) is 9.12. The van der Waals surface area contributed by atoms with Crippen LogP contribution in [0.15, 0.2) is 48.5 Å². The molecule has 2 N–H and O–H groups in total. The number of carbonyl (C=O) groups is 1. The Balaban J connectivity index is 1.49. The third-order valence-electron chi connectivity index (χ3n) is 4.90. The molecule has 3 nitrogen and oxygen atoms in total. The van der Waals surface area contributed by atoms with E-state index in [4.69, 9.17) is 0 Å². The van der Waals surface area contributed by atoms with Gasteiger partial charge >= 0.3 is 0 Å². The fourth-order valence-corrected chi connectivity index (χ4v) is 3.41. The van der Waals surface area contributed by atoms with E-state index < -0.39 is 0 Å².